The van der Waals surface area contributed by atoms with Gasteiger partial charge in [-0.05, 0) is 28.6 Å². The van der Waals surface area contributed by atoms with Crippen molar-refractivity contribution in [1.29, 1.82) is 5.26 Å². The zero-order valence-electron chi connectivity index (χ0n) is 17.9. The SMILES string of the molecule is COc1ccc2ccccc2c1[C@@H]1CC(=O)N2C[NH+](Cc3ccccc3)CSC2=C1C#N. The van der Waals surface area contributed by atoms with Crippen LogP contribution in [-0.2, 0) is 11.3 Å². The van der Waals surface area contributed by atoms with Crippen molar-refractivity contribution in [1.82, 2.24) is 4.90 Å². The summed E-state index contributed by atoms with van der Waals surface area (Å²) in [5.74, 6) is 1.30. The highest BCUT2D eigenvalue weighted by Gasteiger charge is 2.41. The molecular formula is C26H24N3O2S+. The van der Waals surface area contributed by atoms with Crippen molar-refractivity contribution in [2.24, 2.45) is 0 Å². The molecule has 1 fully saturated rings. The highest BCUT2D eigenvalue weighted by Crippen LogP contribution is 2.45. The molecule has 3 aromatic rings. The number of hydrogen-bond acceptors (Lipinski definition) is 4. The molecule has 0 saturated carbocycles. The summed E-state index contributed by atoms with van der Waals surface area (Å²) in [5.41, 5.74) is 2.85. The number of rotatable bonds is 4. The summed E-state index contributed by atoms with van der Waals surface area (Å²) in [6.07, 6.45) is 0.274. The standard InChI is InChI=1S/C26H23N3O2S/c1-31-23-12-11-19-9-5-6-10-20(19)25(23)21-13-24(30)29-16-28(15-18-7-3-2-4-8-18)17-32-26(29)22(21)14-27/h2-12,21H,13,15-17H2,1H3/p+1/t21-/m1/s1. The number of nitrogens with one attached hydrogen (secondary N) is 1. The van der Waals surface area contributed by atoms with Gasteiger partial charge in [0.1, 0.15) is 23.2 Å². The minimum atomic E-state index is -0.303. The summed E-state index contributed by atoms with van der Waals surface area (Å²) in [6, 6.07) is 24.8. The van der Waals surface area contributed by atoms with E-state index in [-0.39, 0.29) is 18.2 Å². The number of carbonyl (C=O) groups is 1. The molecule has 0 aromatic heterocycles. The third kappa shape index (κ3) is 3.64. The van der Waals surface area contributed by atoms with Gasteiger partial charge in [0.2, 0.25) is 5.91 Å². The number of carbonyl (C=O) groups excluding carboxylic acids is 1. The number of benzene rings is 3. The minimum Gasteiger partial charge on any atom is -0.496 e. The first kappa shape index (κ1) is 20.6. The number of thioether (sulfide) groups is 1. The smallest absolute Gasteiger partial charge is 0.232 e. The Balaban J connectivity index is 1.53. The van der Waals surface area contributed by atoms with Gasteiger partial charge in [-0.15, -0.1) is 0 Å². The number of fused-ring (bicyclic) bond motifs is 2. The van der Waals surface area contributed by atoms with Crippen LogP contribution in [0.3, 0.4) is 0 Å². The van der Waals surface area contributed by atoms with Crippen molar-refractivity contribution in [3.05, 3.63) is 88.5 Å². The van der Waals surface area contributed by atoms with Gasteiger partial charge in [0.15, 0.2) is 6.67 Å². The van der Waals surface area contributed by atoms with Crippen molar-refractivity contribution in [3.63, 3.8) is 0 Å². The van der Waals surface area contributed by atoms with Crippen LogP contribution in [0.2, 0.25) is 0 Å². The molecule has 3 aromatic carbocycles. The van der Waals surface area contributed by atoms with E-state index >= 15 is 0 Å². The number of quaternary nitrogens is 1. The predicted molar refractivity (Wildman–Crippen MR) is 126 cm³/mol. The summed E-state index contributed by atoms with van der Waals surface area (Å²) < 4.78 is 5.69. The third-order valence-electron chi connectivity index (χ3n) is 6.22. The van der Waals surface area contributed by atoms with Crippen LogP contribution in [0.5, 0.6) is 5.75 Å². The molecule has 2 aliphatic rings. The Kier molecular flexibility index (Phi) is 5.60. The van der Waals surface area contributed by atoms with Gasteiger partial charge in [-0.1, -0.05) is 60.7 Å². The van der Waals surface area contributed by atoms with Gasteiger partial charge in [-0.3, -0.25) is 9.69 Å². The first-order valence-electron chi connectivity index (χ1n) is 10.7. The quantitative estimate of drug-likeness (QED) is 0.670. The van der Waals surface area contributed by atoms with Crippen molar-refractivity contribution in [2.75, 3.05) is 19.7 Å². The fraction of sp³-hybridized carbons (Fsp3) is 0.231. The maximum Gasteiger partial charge on any atom is 0.232 e. The average molecular weight is 443 g/mol. The fourth-order valence-corrected chi connectivity index (χ4v) is 5.93. The maximum absolute atomic E-state index is 13.3. The molecule has 0 aliphatic carbocycles. The van der Waals surface area contributed by atoms with Crippen molar-refractivity contribution in [2.45, 2.75) is 18.9 Å². The molecule has 2 atom stereocenters. The molecule has 6 heteroatoms. The number of ether oxygens (including phenoxy) is 1. The van der Waals surface area contributed by atoms with E-state index < -0.39 is 0 Å². The molecule has 2 aliphatic heterocycles. The van der Waals surface area contributed by atoms with Gasteiger partial charge >= 0.3 is 0 Å². The largest absolute Gasteiger partial charge is 0.496 e. The van der Waals surface area contributed by atoms with Crippen LogP contribution >= 0.6 is 11.8 Å². The highest BCUT2D eigenvalue weighted by atomic mass is 32.2. The second kappa shape index (κ2) is 8.70. The molecule has 1 amide bonds. The van der Waals surface area contributed by atoms with E-state index in [4.69, 9.17) is 4.74 Å². The molecular weight excluding hydrogens is 418 g/mol. The number of nitrogens with zero attached hydrogens (tertiary/aromatic N) is 2. The number of amides is 1. The number of methoxy groups -OCH3 is 1. The van der Waals surface area contributed by atoms with E-state index in [0.717, 1.165) is 39.5 Å². The summed E-state index contributed by atoms with van der Waals surface area (Å²) >= 11 is 1.61. The Bertz CT molecular complexity index is 1250. The maximum atomic E-state index is 13.3. The van der Waals surface area contributed by atoms with Gasteiger partial charge in [-0.25, -0.2) is 0 Å². The molecule has 1 saturated heterocycles. The summed E-state index contributed by atoms with van der Waals surface area (Å²) in [4.78, 5) is 16.4. The molecule has 5 rings (SSSR count). The first-order valence-corrected chi connectivity index (χ1v) is 11.7. The van der Waals surface area contributed by atoms with Gasteiger partial charge in [0.05, 0.1) is 18.8 Å². The second-order valence-corrected chi connectivity index (χ2v) is 9.13. The zero-order chi connectivity index (χ0) is 22.1. The Labute approximate surface area is 191 Å². The predicted octanol–water partition coefficient (Wildman–Crippen LogP) is 3.65. The number of nitriles is 1. The monoisotopic (exact) mass is 442 g/mol. The average Bonchev–Trinajstić information content (AvgIpc) is 2.84. The lowest BCUT2D eigenvalue weighted by Crippen LogP contribution is -3.12. The first-order chi connectivity index (χ1) is 15.7. The van der Waals surface area contributed by atoms with E-state index in [0.29, 0.717) is 12.2 Å². The molecule has 0 bridgehead atoms. The lowest BCUT2D eigenvalue weighted by Gasteiger charge is -2.39. The Morgan fingerprint density at radius 2 is 1.91 bits per heavy atom. The molecule has 5 nitrogen and oxygen atoms in total. The van der Waals surface area contributed by atoms with E-state index in [2.05, 4.69) is 24.3 Å². The highest BCUT2D eigenvalue weighted by molar-refractivity contribution is 8.02. The topological polar surface area (TPSA) is 57.8 Å². The number of allylic oxidation sites excluding steroid dienone is 1. The normalized spacial score (nSPS) is 20.8. The molecule has 1 unspecified atom stereocenters. The lowest BCUT2D eigenvalue weighted by atomic mass is 9.83. The van der Waals surface area contributed by atoms with Crippen LogP contribution in [0.25, 0.3) is 10.8 Å². The zero-order valence-corrected chi connectivity index (χ0v) is 18.7. The van der Waals surface area contributed by atoms with Crippen LogP contribution in [-0.4, -0.2) is 30.5 Å². The summed E-state index contributed by atoms with van der Waals surface area (Å²) in [7, 11) is 1.64. The van der Waals surface area contributed by atoms with E-state index in [1.165, 1.54) is 10.5 Å². The van der Waals surface area contributed by atoms with Crippen molar-refractivity contribution >= 4 is 28.4 Å². The lowest BCUT2D eigenvalue weighted by molar-refractivity contribution is -0.910. The summed E-state index contributed by atoms with van der Waals surface area (Å²) in [6.45, 7) is 1.44. The van der Waals surface area contributed by atoms with Crippen LogP contribution < -0.4 is 9.64 Å². The Morgan fingerprint density at radius 3 is 2.69 bits per heavy atom. The van der Waals surface area contributed by atoms with Crippen LogP contribution in [0.4, 0.5) is 0 Å². The van der Waals surface area contributed by atoms with Crippen LogP contribution in [0.15, 0.2) is 77.3 Å². The van der Waals surface area contributed by atoms with Gasteiger partial charge in [-0.2, -0.15) is 5.26 Å². The van der Waals surface area contributed by atoms with Crippen LogP contribution in [0, 0.1) is 11.3 Å². The summed E-state index contributed by atoms with van der Waals surface area (Å²) in [5, 5.41) is 13.1. The molecule has 1 N–H and O–H groups in total. The molecule has 160 valence electrons. The van der Waals surface area contributed by atoms with Crippen molar-refractivity contribution < 1.29 is 14.4 Å². The van der Waals surface area contributed by atoms with Gasteiger partial charge in [0, 0.05) is 23.5 Å². The van der Waals surface area contributed by atoms with E-state index in [1.54, 1.807) is 18.9 Å². The van der Waals surface area contributed by atoms with Crippen LogP contribution in [0.1, 0.15) is 23.5 Å². The molecule has 32 heavy (non-hydrogen) atoms. The number of hydrogen-bond donors (Lipinski definition) is 1. The fourth-order valence-electron chi connectivity index (χ4n) is 4.73. The Hall–Kier alpha value is -3.27. The third-order valence-corrected chi connectivity index (χ3v) is 7.48. The van der Waals surface area contributed by atoms with Gasteiger partial charge < -0.3 is 9.64 Å². The molecule has 2 heterocycles. The molecule has 0 spiro atoms. The van der Waals surface area contributed by atoms with E-state index in [9.17, 15) is 10.1 Å². The second-order valence-electron chi connectivity index (χ2n) is 8.17. The van der Waals surface area contributed by atoms with E-state index in [1.807, 2.05) is 53.4 Å². The Morgan fingerprint density at radius 1 is 1.12 bits per heavy atom. The van der Waals surface area contributed by atoms with Gasteiger partial charge in [0.25, 0.3) is 0 Å². The van der Waals surface area contributed by atoms with Crippen molar-refractivity contribution in [3.8, 4) is 11.8 Å². The minimum absolute atomic E-state index is 0.0664. The molecule has 0 radical (unpaired) electrons.